The Morgan fingerprint density at radius 2 is 2.36 bits per heavy atom. The Kier molecular flexibility index (Phi) is 2.10. The zero-order chi connectivity index (χ0) is 8.32. The van der Waals surface area contributed by atoms with Crippen LogP contribution in [0.1, 0.15) is 6.42 Å². The number of methoxy groups -OCH3 is 1. The lowest BCUT2D eigenvalue weighted by atomic mass is 9.95. The number of hydrogen-bond acceptors (Lipinski definition) is 2. The first-order valence-corrected chi connectivity index (χ1v) is 3.34. The van der Waals surface area contributed by atoms with Gasteiger partial charge < -0.3 is 9.84 Å². The lowest BCUT2D eigenvalue weighted by molar-refractivity contribution is -0.156. The van der Waals surface area contributed by atoms with E-state index in [1.54, 1.807) is 24.3 Å². The molecule has 0 aromatic rings. The summed E-state index contributed by atoms with van der Waals surface area (Å²) in [4.78, 5) is 10.7. The minimum atomic E-state index is -1.13. The molecule has 0 fully saturated rings. The molecule has 0 aliphatic heterocycles. The molecular formula is C8H10O3. The van der Waals surface area contributed by atoms with Gasteiger partial charge in [-0.1, -0.05) is 18.2 Å². The van der Waals surface area contributed by atoms with E-state index in [4.69, 9.17) is 9.84 Å². The summed E-state index contributed by atoms with van der Waals surface area (Å²) in [6, 6.07) is 0. The van der Waals surface area contributed by atoms with Crippen molar-refractivity contribution in [2.45, 2.75) is 12.0 Å². The molecule has 1 N–H and O–H groups in total. The fourth-order valence-corrected chi connectivity index (χ4v) is 0.998. The van der Waals surface area contributed by atoms with E-state index < -0.39 is 11.6 Å². The Balaban J connectivity index is 2.85. The van der Waals surface area contributed by atoms with Crippen LogP contribution in [-0.2, 0) is 9.53 Å². The first-order valence-electron chi connectivity index (χ1n) is 3.34. The molecule has 1 aliphatic rings. The summed E-state index contributed by atoms with van der Waals surface area (Å²) in [5.74, 6) is -0.944. The summed E-state index contributed by atoms with van der Waals surface area (Å²) >= 11 is 0. The van der Waals surface area contributed by atoms with Crippen LogP contribution in [0.2, 0.25) is 0 Å². The van der Waals surface area contributed by atoms with Crippen LogP contribution in [0.25, 0.3) is 0 Å². The van der Waals surface area contributed by atoms with E-state index in [0.717, 1.165) is 0 Å². The average molecular weight is 154 g/mol. The summed E-state index contributed by atoms with van der Waals surface area (Å²) in [5, 5.41) is 8.78. The highest BCUT2D eigenvalue weighted by Gasteiger charge is 2.35. The van der Waals surface area contributed by atoms with Gasteiger partial charge in [-0.25, -0.2) is 4.79 Å². The van der Waals surface area contributed by atoms with E-state index in [0.29, 0.717) is 6.42 Å². The maximum Gasteiger partial charge on any atom is 0.340 e. The molecule has 1 atom stereocenters. The molecule has 1 rings (SSSR count). The fourth-order valence-electron chi connectivity index (χ4n) is 0.998. The zero-order valence-electron chi connectivity index (χ0n) is 6.28. The van der Waals surface area contributed by atoms with E-state index in [1.807, 2.05) is 0 Å². The number of allylic oxidation sites excluding steroid dienone is 2. The maximum absolute atomic E-state index is 10.7. The number of carboxylic acid groups (broad SMARTS) is 1. The first-order chi connectivity index (χ1) is 5.21. The third-order valence-electron chi connectivity index (χ3n) is 1.76. The predicted molar refractivity (Wildman–Crippen MR) is 40.3 cm³/mol. The molecule has 0 aromatic carbocycles. The number of carboxylic acids is 1. The number of carbonyl (C=O) groups is 1. The third kappa shape index (κ3) is 1.33. The molecule has 3 heteroatoms. The Bertz CT molecular complexity index is 217. The molecule has 0 aromatic heterocycles. The van der Waals surface area contributed by atoms with Gasteiger partial charge >= 0.3 is 5.97 Å². The molecule has 0 spiro atoms. The van der Waals surface area contributed by atoms with E-state index >= 15 is 0 Å². The predicted octanol–water partition coefficient (Wildman–Crippen LogP) is 0.972. The molecule has 0 heterocycles. The topological polar surface area (TPSA) is 46.5 Å². The lowest BCUT2D eigenvalue weighted by Gasteiger charge is -2.24. The fraction of sp³-hybridized carbons (Fsp3) is 0.375. The van der Waals surface area contributed by atoms with E-state index in [1.165, 1.54) is 7.11 Å². The smallest absolute Gasteiger partial charge is 0.340 e. The standard InChI is InChI=1S/C8H10O3/c1-11-8(7(9)10)5-3-2-4-6-8/h2-5H,6H2,1H3,(H,9,10). The van der Waals surface area contributed by atoms with Crippen LogP contribution < -0.4 is 0 Å². The third-order valence-corrected chi connectivity index (χ3v) is 1.76. The molecule has 60 valence electrons. The van der Waals surface area contributed by atoms with Crippen LogP contribution in [0, 0.1) is 0 Å². The van der Waals surface area contributed by atoms with Crippen molar-refractivity contribution in [2.75, 3.05) is 7.11 Å². The highest BCUT2D eigenvalue weighted by atomic mass is 16.5. The van der Waals surface area contributed by atoms with Gasteiger partial charge in [0.1, 0.15) is 0 Å². The number of rotatable bonds is 2. The second-order valence-corrected chi connectivity index (χ2v) is 2.39. The molecule has 1 unspecified atom stereocenters. The molecule has 11 heavy (non-hydrogen) atoms. The molecule has 0 saturated heterocycles. The van der Waals surface area contributed by atoms with Gasteiger partial charge in [0.05, 0.1) is 0 Å². The second kappa shape index (κ2) is 2.88. The van der Waals surface area contributed by atoms with Gasteiger partial charge in [0.15, 0.2) is 5.60 Å². The first kappa shape index (κ1) is 8.01. The number of ether oxygens (including phenoxy) is 1. The van der Waals surface area contributed by atoms with Gasteiger partial charge in [0, 0.05) is 13.5 Å². The van der Waals surface area contributed by atoms with Crippen molar-refractivity contribution < 1.29 is 14.6 Å². The zero-order valence-corrected chi connectivity index (χ0v) is 6.28. The average Bonchev–Trinajstić information content (AvgIpc) is 2.05. The van der Waals surface area contributed by atoms with Crippen molar-refractivity contribution in [1.29, 1.82) is 0 Å². The van der Waals surface area contributed by atoms with Crippen LogP contribution in [-0.4, -0.2) is 23.8 Å². The lowest BCUT2D eigenvalue weighted by Crippen LogP contribution is -2.38. The summed E-state index contributed by atoms with van der Waals surface area (Å²) < 4.78 is 4.90. The Morgan fingerprint density at radius 1 is 1.64 bits per heavy atom. The normalized spacial score (nSPS) is 28.8. The SMILES string of the molecule is COC1(C(=O)O)C=CC=CC1. The molecule has 0 saturated carbocycles. The number of hydrogen-bond donors (Lipinski definition) is 1. The molecular weight excluding hydrogens is 144 g/mol. The maximum atomic E-state index is 10.7. The Morgan fingerprint density at radius 3 is 2.64 bits per heavy atom. The van der Waals surface area contributed by atoms with Gasteiger partial charge in [-0.2, -0.15) is 0 Å². The Hall–Kier alpha value is -1.09. The van der Waals surface area contributed by atoms with Gasteiger partial charge in [-0.05, 0) is 6.08 Å². The largest absolute Gasteiger partial charge is 0.479 e. The van der Waals surface area contributed by atoms with E-state index in [-0.39, 0.29) is 0 Å². The van der Waals surface area contributed by atoms with Gasteiger partial charge in [0.25, 0.3) is 0 Å². The highest BCUT2D eigenvalue weighted by molar-refractivity contribution is 5.80. The molecule has 3 nitrogen and oxygen atoms in total. The second-order valence-electron chi connectivity index (χ2n) is 2.39. The van der Waals surface area contributed by atoms with Crippen molar-refractivity contribution in [3.63, 3.8) is 0 Å². The van der Waals surface area contributed by atoms with Crippen LogP contribution in [0.3, 0.4) is 0 Å². The van der Waals surface area contributed by atoms with Crippen molar-refractivity contribution in [3.05, 3.63) is 24.3 Å². The summed E-state index contributed by atoms with van der Waals surface area (Å²) in [5.41, 5.74) is -1.13. The summed E-state index contributed by atoms with van der Waals surface area (Å²) in [7, 11) is 1.40. The van der Waals surface area contributed by atoms with Crippen molar-refractivity contribution in [2.24, 2.45) is 0 Å². The van der Waals surface area contributed by atoms with Gasteiger partial charge in [-0.15, -0.1) is 0 Å². The van der Waals surface area contributed by atoms with Crippen LogP contribution >= 0.6 is 0 Å². The monoisotopic (exact) mass is 154 g/mol. The van der Waals surface area contributed by atoms with Gasteiger partial charge in [0.2, 0.25) is 0 Å². The summed E-state index contributed by atoms with van der Waals surface area (Å²) in [6.45, 7) is 0. The van der Waals surface area contributed by atoms with Crippen molar-refractivity contribution >= 4 is 5.97 Å². The Labute approximate surface area is 65.0 Å². The minimum Gasteiger partial charge on any atom is -0.479 e. The van der Waals surface area contributed by atoms with E-state index in [2.05, 4.69) is 0 Å². The summed E-state index contributed by atoms with van der Waals surface area (Å²) in [6.07, 6.45) is 7.21. The highest BCUT2D eigenvalue weighted by Crippen LogP contribution is 2.21. The quantitative estimate of drug-likeness (QED) is 0.644. The van der Waals surface area contributed by atoms with Crippen molar-refractivity contribution in [3.8, 4) is 0 Å². The van der Waals surface area contributed by atoms with Crippen LogP contribution in [0.5, 0.6) is 0 Å². The van der Waals surface area contributed by atoms with E-state index in [9.17, 15) is 4.79 Å². The van der Waals surface area contributed by atoms with Crippen molar-refractivity contribution in [1.82, 2.24) is 0 Å². The molecule has 0 radical (unpaired) electrons. The molecule has 0 amide bonds. The van der Waals surface area contributed by atoms with Crippen LogP contribution in [0.15, 0.2) is 24.3 Å². The molecule has 1 aliphatic carbocycles. The molecule has 0 bridgehead atoms. The van der Waals surface area contributed by atoms with Crippen LogP contribution in [0.4, 0.5) is 0 Å². The number of aliphatic carboxylic acids is 1. The minimum absolute atomic E-state index is 0.398. The van der Waals surface area contributed by atoms with Gasteiger partial charge in [-0.3, -0.25) is 0 Å².